The number of rotatable bonds is 5. The molecule has 0 atom stereocenters. The van der Waals surface area contributed by atoms with Gasteiger partial charge in [-0.1, -0.05) is 0 Å². The van der Waals surface area contributed by atoms with Gasteiger partial charge in [0.25, 0.3) is 0 Å². The van der Waals surface area contributed by atoms with Crippen molar-refractivity contribution in [2.45, 2.75) is 6.54 Å². The van der Waals surface area contributed by atoms with E-state index in [1.165, 1.54) is 5.69 Å². The van der Waals surface area contributed by atoms with Gasteiger partial charge in [-0.2, -0.15) is 0 Å². The Labute approximate surface area is 87.6 Å². The molecule has 0 aliphatic rings. The molecule has 4 heteroatoms. The van der Waals surface area contributed by atoms with Crippen LogP contribution in [0.2, 0.25) is 0 Å². The Bertz CT molecular complexity index is 245. The molecule has 0 bridgehead atoms. The number of likely N-dealkylation sites (N-methyl/N-ethyl adjacent to an activating group) is 1. The summed E-state index contributed by atoms with van der Waals surface area (Å²) in [4.78, 5) is 5.33. The fourth-order valence-corrected chi connectivity index (χ4v) is 1.43. The summed E-state index contributed by atoms with van der Waals surface area (Å²) in [6.07, 6.45) is 1.95. The van der Waals surface area contributed by atoms with Crippen LogP contribution in [0.4, 0.5) is 0 Å². The monoisotopic (exact) mass is 245 g/mol. The Morgan fingerprint density at radius 2 is 2.31 bits per heavy atom. The van der Waals surface area contributed by atoms with Gasteiger partial charge in [0.1, 0.15) is 0 Å². The Morgan fingerprint density at radius 3 is 2.85 bits per heavy atom. The number of H-pyrrole nitrogens is 1. The van der Waals surface area contributed by atoms with Crippen molar-refractivity contribution in [3.05, 3.63) is 22.4 Å². The molecule has 0 fully saturated rings. The molecule has 0 aromatic carbocycles. The maximum atomic E-state index is 3.40. The van der Waals surface area contributed by atoms with Gasteiger partial charge in [-0.25, -0.2) is 0 Å². The van der Waals surface area contributed by atoms with E-state index in [0.717, 1.165) is 24.1 Å². The average Bonchev–Trinajstić information content (AvgIpc) is 2.45. The van der Waals surface area contributed by atoms with Crippen molar-refractivity contribution < 1.29 is 0 Å². The van der Waals surface area contributed by atoms with E-state index in [9.17, 15) is 0 Å². The zero-order chi connectivity index (χ0) is 9.68. The number of aromatic amines is 1. The molecule has 1 rings (SSSR count). The van der Waals surface area contributed by atoms with E-state index in [4.69, 9.17) is 0 Å². The predicted octanol–water partition coefficient (Wildman–Crippen LogP) is 1.43. The van der Waals surface area contributed by atoms with E-state index in [1.54, 1.807) is 0 Å². The zero-order valence-electron chi connectivity index (χ0n) is 8.10. The number of aromatic nitrogens is 1. The van der Waals surface area contributed by atoms with Crippen LogP contribution in [-0.4, -0.2) is 37.1 Å². The summed E-state index contributed by atoms with van der Waals surface area (Å²) in [5, 5.41) is 3.35. The van der Waals surface area contributed by atoms with Crippen LogP contribution in [0.1, 0.15) is 5.69 Å². The van der Waals surface area contributed by atoms with E-state index in [0.29, 0.717) is 0 Å². The second-order valence-corrected chi connectivity index (χ2v) is 4.24. The minimum Gasteiger partial charge on any atom is -0.363 e. The quantitative estimate of drug-likeness (QED) is 0.770. The molecule has 1 heterocycles. The highest BCUT2D eigenvalue weighted by Crippen LogP contribution is 2.09. The Hall–Kier alpha value is -0.320. The van der Waals surface area contributed by atoms with Crippen LogP contribution < -0.4 is 5.32 Å². The first-order chi connectivity index (χ1) is 6.18. The lowest BCUT2D eigenvalue weighted by molar-refractivity contribution is 0.399. The number of hydrogen-bond acceptors (Lipinski definition) is 2. The minimum absolute atomic E-state index is 0.902. The van der Waals surface area contributed by atoms with E-state index in [1.807, 2.05) is 6.20 Å². The SMILES string of the molecule is CN(C)CCNCc1cc(Br)c[nH]1. The summed E-state index contributed by atoms with van der Waals surface area (Å²) in [5.74, 6) is 0. The molecule has 0 saturated carbocycles. The van der Waals surface area contributed by atoms with Gasteiger partial charge in [-0.05, 0) is 36.1 Å². The second kappa shape index (κ2) is 5.42. The number of hydrogen-bond donors (Lipinski definition) is 2. The molecule has 0 aliphatic heterocycles. The molecule has 74 valence electrons. The van der Waals surface area contributed by atoms with Gasteiger partial charge in [0.2, 0.25) is 0 Å². The predicted molar refractivity (Wildman–Crippen MR) is 58.8 cm³/mol. The molecule has 0 spiro atoms. The van der Waals surface area contributed by atoms with Crippen LogP contribution in [0.5, 0.6) is 0 Å². The molecule has 1 aromatic rings. The molecule has 1 aromatic heterocycles. The van der Waals surface area contributed by atoms with Crippen molar-refractivity contribution in [3.63, 3.8) is 0 Å². The number of nitrogens with zero attached hydrogens (tertiary/aromatic N) is 1. The fraction of sp³-hybridized carbons (Fsp3) is 0.556. The van der Waals surface area contributed by atoms with Gasteiger partial charge in [-0.3, -0.25) is 0 Å². The lowest BCUT2D eigenvalue weighted by Gasteiger charge is -2.09. The molecule has 0 amide bonds. The van der Waals surface area contributed by atoms with Crippen molar-refractivity contribution in [1.29, 1.82) is 0 Å². The standard InChI is InChI=1S/C9H16BrN3/c1-13(2)4-3-11-7-9-5-8(10)6-12-9/h5-6,11-12H,3-4,7H2,1-2H3. The lowest BCUT2D eigenvalue weighted by atomic mass is 10.4. The third-order valence-electron chi connectivity index (χ3n) is 1.76. The Morgan fingerprint density at radius 1 is 1.54 bits per heavy atom. The van der Waals surface area contributed by atoms with Crippen molar-refractivity contribution in [2.24, 2.45) is 0 Å². The van der Waals surface area contributed by atoms with E-state index >= 15 is 0 Å². The smallest absolute Gasteiger partial charge is 0.0358 e. The Balaban J connectivity index is 2.13. The lowest BCUT2D eigenvalue weighted by Crippen LogP contribution is -2.26. The molecule has 2 N–H and O–H groups in total. The summed E-state index contributed by atoms with van der Waals surface area (Å²) < 4.78 is 1.11. The summed E-state index contributed by atoms with van der Waals surface area (Å²) in [7, 11) is 4.15. The van der Waals surface area contributed by atoms with Crippen molar-refractivity contribution >= 4 is 15.9 Å². The molecule has 0 aliphatic carbocycles. The number of halogens is 1. The van der Waals surface area contributed by atoms with Crippen molar-refractivity contribution in [1.82, 2.24) is 15.2 Å². The molecule has 13 heavy (non-hydrogen) atoms. The third kappa shape index (κ3) is 4.45. The molecule has 0 unspecified atom stereocenters. The summed E-state index contributed by atoms with van der Waals surface area (Å²) in [6.45, 7) is 2.99. The van der Waals surface area contributed by atoms with Gasteiger partial charge in [-0.15, -0.1) is 0 Å². The third-order valence-corrected chi connectivity index (χ3v) is 2.22. The molecule has 3 nitrogen and oxygen atoms in total. The maximum Gasteiger partial charge on any atom is 0.0358 e. The van der Waals surface area contributed by atoms with Crippen LogP contribution in [0, 0.1) is 0 Å². The second-order valence-electron chi connectivity index (χ2n) is 3.32. The maximum absolute atomic E-state index is 3.40. The van der Waals surface area contributed by atoms with Crippen LogP contribution in [0.15, 0.2) is 16.7 Å². The van der Waals surface area contributed by atoms with Crippen molar-refractivity contribution in [2.75, 3.05) is 27.2 Å². The topological polar surface area (TPSA) is 31.1 Å². The minimum atomic E-state index is 0.902. The van der Waals surface area contributed by atoms with Crippen LogP contribution in [-0.2, 0) is 6.54 Å². The summed E-state index contributed by atoms with van der Waals surface area (Å²) >= 11 is 3.40. The zero-order valence-corrected chi connectivity index (χ0v) is 9.69. The van der Waals surface area contributed by atoms with Gasteiger partial charge in [0.15, 0.2) is 0 Å². The molecular formula is C9H16BrN3. The normalized spacial score (nSPS) is 11.1. The van der Waals surface area contributed by atoms with E-state index in [-0.39, 0.29) is 0 Å². The first-order valence-electron chi connectivity index (χ1n) is 4.36. The molecule has 0 radical (unpaired) electrons. The summed E-state index contributed by atoms with van der Waals surface area (Å²) in [6, 6.07) is 2.09. The van der Waals surface area contributed by atoms with Crippen LogP contribution in [0.25, 0.3) is 0 Å². The van der Waals surface area contributed by atoms with Crippen LogP contribution in [0.3, 0.4) is 0 Å². The fourth-order valence-electron chi connectivity index (χ4n) is 1.04. The van der Waals surface area contributed by atoms with Gasteiger partial charge in [0, 0.05) is 36.0 Å². The molecule has 0 saturated heterocycles. The molecular weight excluding hydrogens is 230 g/mol. The average molecular weight is 246 g/mol. The highest BCUT2D eigenvalue weighted by molar-refractivity contribution is 9.10. The highest BCUT2D eigenvalue weighted by Gasteiger charge is 1.95. The van der Waals surface area contributed by atoms with E-state index in [2.05, 4.69) is 51.3 Å². The van der Waals surface area contributed by atoms with Gasteiger partial charge < -0.3 is 15.2 Å². The van der Waals surface area contributed by atoms with Gasteiger partial charge in [0.05, 0.1) is 0 Å². The first kappa shape index (κ1) is 10.8. The van der Waals surface area contributed by atoms with Crippen LogP contribution >= 0.6 is 15.9 Å². The highest BCUT2D eigenvalue weighted by atomic mass is 79.9. The first-order valence-corrected chi connectivity index (χ1v) is 5.16. The summed E-state index contributed by atoms with van der Waals surface area (Å²) in [5.41, 5.74) is 1.21. The number of nitrogens with one attached hydrogen (secondary N) is 2. The Kier molecular flexibility index (Phi) is 4.48. The largest absolute Gasteiger partial charge is 0.363 e. The van der Waals surface area contributed by atoms with E-state index < -0.39 is 0 Å². The van der Waals surface area contributed by atoms with Crippen molar-refractivity contribution in [3.8, 4) is 0 Å². The van der Waals surface area contributed by atoms with Gasteiger partial charge >= 0.3 is 0 Å².